The van der Waals surface area contributed by atoms with Gasteiger partial charge in [-0.1, -0.05) is 19.0 Å². The van der Waals surface area contributed by atoms with E-state index < -0.39 is 0 Å². The number of ether oxygens (including phenoxy) is 1. The van der Waals surface area contributed by atoms with Crippen LogP contribution in [0.5, 0.6) is 0 Å². The van der Waals surface area contributed by atoms with E-state index in [1.165, 1.54) is 0 Å². The lowest BCUT2D eigenvalue weighted by Crippen LogP contribution is -2.38. The van der Waals surface area contributed by atoms with Crippen molar-refractivity contribution in [3.63, 3.8) is 0 Å². The second-order valence-corrected chi connectivity index (χ2v) is 4.49. The fourth-order valence-electron chi connectivity index (χ4n) is 1.45. The van der Waals surface area contributed by atoms with Gasteiger partial charge in [0, 0.05) is 26.3 Å². The van der Waals surface area contributed by atoms with Crippen molar-refractivity contribution < 1.29 is 9.26 Å². The quantitative estimate of drug-likeness (QED) is 0.445. The zero-order chi connectivity index (χ0) is 14.1. The third-order valence-corrected chi connectivity index (χ3v) is 2.50. The van der Waals surface area contributed by atoms with Crippen LogP contribution in [0.1, 0.15) is 38.1 Å². The lowest BCUT2D eigenvalue weighted by Gasteiger charge is -2.09. The molecule has 0 unspecified atom stereocenters. The van der Waals surface area contributed by atoms with Crippen LogP contribution in [0.4, 0.5) is 0 Å². The molecule has 1 aromatic heterocycles. The van der Waals surface area contributed by atoms with Gasteiger partial charge in [-0.05, 0) is 12.8 Å². The summed E-state index contributed by atoms with van der Waals surface area (Å²) in [6.07, 6.45) is 0. The third kappa shape index (κ3) is 5.74. The molecule has 0 amide bonds. The highest BCUT2D eigenvalue weighted by Crippen LogP contribution is 2.14. The van der Waals surface area contributed by atoms with E-state index in [0.29, 0.717) is 19.1 Å². The molecule has 6 heteroatoms. The lowest BCUT2D eigenvalue weighted by atomic mass is 10.1. The Labute approximate surface area is 114 Å². The first-order valence-electron chi connectivity index (χ1n) is 6.64. The molecule has 0 aliphatic rings. The first-order chi connectivity index (χ1) is 9.17. The van der Waals surface area contributed by atoms with Crippen LogP contribution in [0.15, 0.2) is 15.6 Å². The molecule has 1 rings (SSSR count). The zero-order valence-corrected chi connectivity index (χ0v) is 12.2. The molecular weight excluding hydrogens is 244 g/mol. The molecule has 0 bridgehead atoms. The number of aliphatic imine (C=N–C) groups is 1. The highest BCUT2D eigenvalue weighted by molar-refractivity contribution is 5.79. The monoisotopic (exact) mass is 268 g/mol. The minimum atomic E-state index is 0.370. The molecule has 0 radical (unpaired) electrons. The summed E-state index contributed by atoms with van der Waals surface area (Å²) in [4.78, 5) is 4.43. The number of nitrogens with zero attached hydrogens (tertiary/aromatic N) is 2. The molecule has 0 spiro atoms. The number of hydrogen-bond donors (Lipinski definition) is 2. The van der Waals surface area contributed by atoms with E-state index in [0.717, 1.165) is 30.5 Å². The highest BCUT2D eigenvalue weighted by Gasteiger charge is 2.07. The van der Waals surface area contributed by atoms with Crippen molar-refractivity contribution in [1.82, 2.24) is 15.8 Å². The van der Waals surface area contributed by atoms with E-state index in [4.69, 9.17) is 9.26 Å². The molecule has 0 aromatic carbocycles. The number of guanidine groups is 1. The molecular formula is C13H24N4O2. The first kappa shape index (κ1) is 15.5. The van der Waals surface area contributed by atoms with Gasteiger partial charge in [-0.2, -0.15) is 0 Å². The SMILES string of the molecule is CCNC(=NCc1cc(C(C)C)no1)NCCOC. The first-order valence-corrected chi connectivity index (χ1v) is 6.64. The third-order valence-electron chi connectivity index (χ3n) is 2.50. The minimum Gasteiger partial charge on any atom is -0.383 e. The van der Waals surface area contributed by atoms with E-state index in [9.17, 15) is 0 Å². The molecule has 0 fully saturated rings. The van der Waals surface area contributed by atoms with Crippen LogP contribution in [0, 0.1) is 0 Å². The topological polar surface area (TPSA) is 71.7 Å². The van der Waals surface area contributed by atoms with E-state index in [1.807, 2.05) is 13.0 Å². The summed E-state index contributed by atoms with van der Waals surface area (Å²) in [6.45, 7) is 8.84. The second-order valence-electron chi connectivity index (χ2n) is 4.49. The van der Waals surface area contributed by atoms with Crippen molar-refractivity contribution in [2.75, 3.05) is 26.8 Å². The standard InChI is InChI=1S/C13H24N4O2/c1-5-14-13(15-6-7-18-4)16-9-11-8-12(10(2)3)17-19-11/h8,10H,5-7,9H2,1-4H3,(H2,14,15,16). The Bertz CT molecular complexity index is 388. The van der Waals surface area contributed by atoms with Gasteiger partial charge in [0.15, 0.2) is 11.7 Å². The molecule has 108 valence electrons. The van der Waals surface area contributed by atoms with Crippen molar-refractivity contribution in [3.05, 3.63) is 17.5 Å². The van der Waals surface area contributed by atoms with Crippen LogP contribution in [-0.2, 0) is 11.3 Å². The second kappa shape index (κ2) is 8.53. The van der Waals surface area contributed by atoms with Crippen molar-refractivity contribution in [2.45, 2.75) is 33.2 Å². The summed E-state index contributed by atoms with van der Waals surface area (Å²) in [7, 11) is 1.67. The summed E-state index contributed by atoms with van der Waals surface area (Å²) in [6, 6.07) is 1.95. The lowest BCUT2D eigenvalue weighted by molar-refractivity contribution is 0.203. The molecule has 0 saturated carbocycles. The Balaban J connectivity index is 2.52. The Kier molecular flexibility index (Phi) is 6.95. The van der Waals surface area contributed by atoms with Crippen molar-refractivity contribution in [1.29, 1.82) is 0 Å². The largest absolute Gasteiger partial charge is 0.383 e. The summed E-state index contributed by atoms with van der Waals surface area (Å²) >= 11 is 0. The van der Waals surface area contributed by atoms with E-state index >= 15 is 0 Å². The highest BCUT2D eigenvalue weighted by atomic mass is 16.5. The van der Waals surface area contributed by atoms with Crippen molar-refractivity contribution >= 4 is 5.96 Å². The van der Waals surface area contributed by atoms with Gasteiger partial charge in [0.25, 0.3) is 0 Å². The van der Waals surface area contributed by atoms with Crippen molar-refractivity contribution in [2.24, 2.45) is 4.99 Å². The predicted octanol–water partition coefficient (Wildman–Crippen LogP) is 1.50. The van der Waals surface area contributed by atoms with Gasteiger partial charge in [0.2, 0.25) is 0 Å². The Morgan fingerprint density at radius 1 is 1.47 bits per heavy atom. The van der Waals surface area contributed by atoms with Gasteiger partial charge in [0.05, 0.1) is 12.3 Å². The van der Waals surface area contributed by atoms with Crippen LogP contribution in [-0.4, -0.2) is 37.9 Å². The Hall–Kier alpha value is -1.56. The van der Waals surface area contributed by atoms with Crippen LogP contribution >= 0.6 is 0 Å². The molecule has 0 saturated heterocycles. The van der Waals surface area contributed by atoms with Gasteiger partial charge in [0.1, 0.15) is 6.54 Å². The molecule has 2 N–H and O–H groups in total. The average molecular weight is 268 g/mol. The average Bonchev–Trinajstić information content (AvgIpc) is 2.85. The summed E-state index contributed by atoms with van der Waals surface area (Å²) in [5, 5.41) is 10.3. The summed E-state index contributed by atoms with van der Waals surface area (Å²) < 4.78 is 10.2. The maximum absolute atomic E-state index is 5.24. The molecule has 0 atom stereocenters. The Morgan fingerprint density at radius 2 is 2.26 bits per heavy atom. The van der Waals surface area contributed by atoms with Gasteiger partial charge >= 0.3 is 0 Å². The number of hydrogen-bond acceptors (Lipinski definition) is 4. The van der Waals surface area contributed by atoms with E-state index in [1.54, 1.807) is 7.11 Å². The van der Waals surface area contributed by atoms with Crippen LogP contribution in [0.3, 0.4) is 0 Å². The van der Waals surface area contributed by atoms with Crippen LogP contribution < -0.4 is 10.6 Å². The zero-order valence-electron chi connectivity index (χ0n) is 12.2. The number of rotatable bonds is 7. The molecule has 0 aliphatic carbocycles. The maximum Gasteiger partial charge on any atom is 0.191 e. The molecule has 1 heterocycles. The summed E-state index contributed by atoms with van der Waals surface area (Å²) in [5.41, 5.74) is 0.961. The minimum absolute atomic E-state index is 0.370. The van der Waals surface area contributed by atoms with Gasteiger partial charge in [-0.25, -0.2) is 4.99 Å². The normalized spacial score (nSPS) is 11.9. The number of methoxy groups -OCH3 is 1. The van der Waals surface area contributed by atoms with Gasteiger partial charge < -0.3 is 19.9 Å². The molecule has 0 aliphatic heterocycles. The van der Waals surface area contributed by atoms with Gasteiger partial charge in [-0.3, -0.25) is 0 Å². The summed E-state index contributed by atoms with van der Waals surface area (Å²) in [5.74, 6) is 1.89. The van der Waals surface area contributed by atoms with E-state index in [2.05, 4.69) is 34.6 Å². The number of nitrogens with one attached hydrogen (secondary N) is 2. The van der Waals surface area contributed by atoms with Crippen LogP contribution in [0.2, 0.25) is 0 Å². The maximum atomic E-state index is 5.24. The fraction of sp³-hybridized carbons (Fsp3) is 0.692. The number of aromatic nitrogens is 1. The van der Waals surface area contributed by atoms with Crippen molar-refractivity contribution in [3.8, 4) is 0 Å². The smallest absolute Gasteiger partial charge is 0.191 e. The van der Waals surface area contributed by atoms with E-state index in [-0.39, 0.29) is 0 Å². The van der Waals surface area contributed by atoms with Crippen LogP contribution in [0.25, 0.3) is 0 Å². The molecule has 1 aromatic rings. The predicted molar refractivity (Wildman–Crippen MR) is 75.3 cm³/mol. The van der Waals surface area contributed by atoms with Gasteiger partial charge in [-0.15, -0.1) is 0 Å². The molecule has 6 nitrogen and oxygen atoms in total. The fourth-order valence-corrected chi connectivity index (χ4v) is 1.45. The molecule has 19 heavy (non-hydrogen) atoms. The Morgan fingerprint density at radius 3 is 2.84 bits per heavy atom.